The molecule has 0 bridgehead atoms. The van der Waals surface area contributed by atoms with Crippen molar-refractivity contribution in [1.29, 1.82) is 0 Å². The highest BCUT2D eigenvalue weighted by molar-refractivity contribution is 9.10. The van der Waals surface area contributed by atoms with Gasteiger partial charge in [-0.3, -0.25) is 4.72 Å². The quantitative estimate of drug-likeness (QED) is 0.800. The summed E-state index contributed by atoms with van der Waals surface area (Å²) in [6, 6.07) is 2.20. The maximum atomic E-state index is 13.5. The van der Waals surface area contributed by atoms with E-state index in [1.165, 1.54) is 12.4 Å². The normalized spacial score (nSPS) is 11.4. The van der Waals surface area contributed by atoms with Gasteiger partial charge in [-0.1, -0.05) is 23.2 Å². The van der Waals surface area contributed by atoms with Crippen LogP contribution in [0.4, 0.5) is 10.2 Å². The number of hydrogen-bond donors (Lipinski definition) is 1. The van der Waals surface area contributed by atoms with Gasteiger partial charge in [-0.25, -0.2) is 22.8 Å². The van der Waals surface area contributed by atoms with Crippen LogP contribution in [0.3, 0.4) is 0 Å². The summed E-state index contributed by atoms with van der Waals surface area (Å²) >= 11 is 14.2. The number of benzene rings is 1. The predicted molar refractivity (Wildman–Crippen MR) is 77.0 cm³/mol. The van der Waals surface area contributed by atoms with Crippen LogP contribution in [0.15, 0.2) is 34.0 Å². The summed E-state index contributed by atoms with van der Waals surface area (Å²) < 4.78 is 40.3. The molecule has 1 aromatic heterocycles. The fraction of sp³-hybridized carbons (Fsp3) is 0. The van der Waals surface area contributed by atoms with Crippen molar-refractivity contribution in [2.24, 2.45) is 0 Å². The molecule has 0 aliphatic rings. The van der Waals surface area contributed by atoms with E-state index in [1.807, 2.05) is 0 Å². The van der Waals surface area contributed by atoms with E-state index in [0.29, 0.717) is 4.60 Å². The number of aromatic nitrogens is 2. The van der Waals surface area contributed by atoms with E-state index in [0.717, 1.165) is 12.1 Å². The zero-order valence-electron chi connectivity index (χ0n) is 9.44. The van der Waals surface area contributed by atoms with Gasteiger partial charge in [0.2, 0.25) is 0 Å². The summed E-state index contributed by atoms with van der Waals surface area (Å²) in [7, 11) is -4.09. The molecule has 10 heteroatoms. The molecule has 106 valence electrons. The van der Waals surface area contributed by atoms with Crippen molar-refractivity contribution in [3.8, 4) is 0 Å². The third kappa shape index (κ3) is 3.20. The lowest BCUT2D eigenvalue weighted by Gasteiger charge is -2.09. The Balaban J connectivity index is 2.41. The highest BCUT2D eigenvalue weighted by atomic mass is 79.9. The number of nitrogens with one attached hydrogen (secondary N) is 1. The first-order valence-electron chi connectivity index (χ1n) is 4.95. The van der Waals surface area contributed by atoms with Gasteiger partial charge in [-0.05, 0) is 28.1 Å². The first-order valence-corrected chi connectivity index (χ1v) is 7.98. The van der Waals surface area contributed by atoms with E-state index in [2.05, 4.69) is 30.6 Å². The SMILES string of the molecule is O=S(=O)(Nc1cnc(Br)cn1)c1ccc(Cl)c(F)c1Cl. The first kappa shape index (κ1) is 15.4. The molecular weight excluding hydrogens is 396 g/mol. The summed E-state index contributed by atoms with van der Waals surface area (Å²) in [6.45, 7) is 0. The molecule has 0 saturated carbocycles. The van der Waals surface area contributed by atoms with E-state index >= 15 is 0 Å². The van der Waals surface area contributed by atoms with Gasteiger partial charge in [-0.2, -0.15) is 0 Å². The van der Waals surface area contributed by atoms with Crippen LogP contribution in [0.5, 0.6) is 0 Å². The molecule has 5 nitrogen and oxygen atoms in total. The molecule has 20 heavy (non-hydrogen) atoms. The Labute approximate surface area is 132 Å². The van der Waals surface area contributed by atoms with Crippen LogP contribution in [0.2, 0.25) is 10.0 Å². The molecule has 0 saturated heterocycles. The molecule has 0 aliphatic carbocycles. The van der Waals surface area contributed by atoms with E-state index in [9.17, 15) is 12.8 Å². The molecule has 0 spiro atoms. The van der Waals surface area contributed by atoms with Crippen molar-refractivity contribution in [1.82, 2.24) is 9.97 Å². The minimum absolute atomic E-state index is 0.0281. The fourth-order valence-corrected chi connectivity index (χ4v) is 3.22. The lowest BCUT2D eigenvalue weighted by molar-refractivity contribution is 0.595. The Morgan fingerprint density at radius 2 is 1.90 bits per heavy atom. The topological polar surface area (TPSA) is 72.0 Å². The van der Waals surface area contributed by atoms with Gasteiger partial charge in [0.25, 0.3) is 10.0 Å². The van der Waals surface area contributed by atoms with Crippen LogP contribution in [0.25, 0.3) is 0 Å². The van der Waals surface area contributed by atoms with Crippen molar-refractivity contribution in [2.45, 2.75) is 4.90 Å². The van der Waals surface area contributed by atoms with Crippen molar-refractivity contribution < 1.29 is 12.8 Å². The van der Waals surface area contributed by atoms with Crippen LogP contribution in [-0.2, 0) is 10.0 Å². The van der Waals surface area contributed by atoms with Gasteiger partial charge >= 0.3 is 0 Å². The van der Waals surface area contributed by atoms with Crippen LogP contribution < -0.4 is 4.72 Å². The molecule has 0 aliphatic heterocycles. The van der Waals surface area contributed by atoms with Gasteiger partial charge in [-0.15, -0.1) is 0 Å². The van der Waals surface area contributed by atoms with Crippen LogP contribution in [0, 0.1) is 5.82 Å². The van der Waals surface area contributed by atoms with Gasteiger partial charge in [0.1, 0.15) is 9.50 Å². The second-order valence-corrected chi connectivity index (χ2v) is 6.75. The molecule has 0 amide bonds. The predicted octanol–water partition coefficient (Wildman–Crippen LogP) is 3.49. The Morgan fingerprint density at radius 1 is 1.20 bits per heavy atom. The first-order chi connectivity index (χ1) is 9.31. The van der Waals surface area contributed by atoms with Crippen LogP contribution >= 0.6 is 39.1 Å². The molecule has 2 rings (SSSR count). The molecule has 1 heterocycles. The van der Waals surface area contributed by atoms with Crippen molar-refractivity contribution in [2.75, 3.05) is 4.72 Å². The Hall–Kier alpha value is -0.960. The Bertz CT molecular complexity index is 756. The summed E-state index contributed by atoms with van der Waals surface area (Å²) in [5.41, 5.74) is 0. The second kappa shape index (κ2) is 5.80. The number of halogens is 4. The van der Waals surface area contributed by atoms with E-state index in [4.69, 9.17) is 23.2 Å². The molecule has 1 N–H and O–H groups in total. The number of sulfonamides is 1. The standard InChI is InChI=1S/C10H5BrCl2FN3O2S/c11-7-3-16-8(4-15-7)17-20(18,19)6-2-1-5(12)10(14)9(6)13/h1-4H,(H,16,17). The van der Waals surface area contributed by atoms with E-state index < -0.39 is 25.8 Å². The van der Waals surface area contributed by atoms with E-state index in [-0.39, 0.29) is 10.8 Å². The summed E-state index contributed by atoms with van der Waals surface area (Å²) in [6.07, 6.45) is 2.50. The number of hydrogen-bond acceptors (Lipinski definition) is 4. The number of rotatable bonds is 3. The molecule has 0 radical (unpaired) electrons. The fourth-order valence-electron chi connectivity index (χ4n) is 1.27. The van der Waals surface area contributed by atoms with E-state index in [1.54, 1.807) is 0 Å². The maximum Gasteiger partial charge on any atom is 0.264 e. The molecule has 0 atom stereocenters. The van der Waals surface area contributed by atoms with Crippen LogP contribution in [-0.4, -0.2) is 18.4 Å². The Morgan fingerprint density at radius 3 is 2.50 bits per heavy atom. The molecule has 0 fully saturated rings. The van der Waals surface area contributed by atoms with Gasteiger partial charge in [0.15, 0.2) is 11.6 Å². The molecule has 1 aromatic carbocycles. The Kier molecular flexibility index (Phi) is 4.48. The average molecular weight is 401 g/mol. The third-order valence-corrected chi connectivity index (χ3v) is 4.73. The zero-order chi connectivity index (χ0) is 14.9. The minimum atomic E-state index is -4.09. The van der Waals surface area contributed by atoms with Crippen LogP contribution in [0.1, 0.15) is 0 Å². The summed E-state index contributed by atoms with van der Waals surface area (Å²) in [4.78, 5) is 7.17. The summed E-state index contributed by atoms with van der Waals surface area (Å²) in [5.74, 6) is -1.03. The lowest BCUT2D eigenvalue weighted by Crippen LogP contribution is -2.15. The number of anilines is 1. The third-order valence-electron chi connectivity index (χ3n) is 2.15. The highest BCUT2D eigenvalue weighted by Crippen LogP contribution is 2.30. The lowest BCUT2D eigenvalue weighted by atomic mass is 10.3. The second-order valence-electron chi connectivity index (χ2n) is 3.50. The molecule has 2 aromatic rings. The maximum absolute atomic E-state index is 13.5. The molecule has 0 unspecified atom stereocenters. The van der Waals surface area contributed by atoms with Gasteiger partial charge < -0.3 is 0 Å². The average Bonchev–Trinajstić information content (AvgIpc) is 2.38. The van der Waals surface area contributed by atoms with Crippen molar-refractivity contribution in [3.63, 3.8) is 0 Å². The number of nitrogens with zero attached hydrogens (tertiary/aromatic N) is 2. The molecular formula is C10H5BrCl2FN3O2S. The monoisotopic (exact) mass is 399 g/mol. The zero-order valence-corrected chi connectivity index (χ0v) is 13.4. The van der Waals surface area contributed by atoms with Crippen molar-refractivity contribution >= 4 is 55.0 Å². The van der Waals surface area contributed by atoms with Gasteiger partial charge in [0.05, 0.1) is 22.4 Å². The largest absolute Gasteiger partial charge is 0.264 e. The van der Waals surface area contributed by atoms with Gasteiger partial charge in [0, 0.05) is 0 Å². The summed E-state index contributed by atoms with van der Waals surface area (Å²) in [5, 5.41) is -0.854. The smallest absolute Gasteiger partial charge is 0.262 e. The van der Waals surface area contributed by atoms with Crippen molar-refractivity contribution in [3.05, 3.63) is 45.0 Å². The minimum Gasteiger partial charge on any atom is -0.262 e. The highest BCUT2D eigenvalue weighted by Gasteiger charge is 2.22.